The van der Waals surface area contributed by atoms with Crippen LogP contribution in [0.2, 0.25) is 0 Å². The Morgan fingerprint density at radius 2 is 2.28 bits per heavy atom. The minimum Gasteiger partial charge on any atom is -0.461 e. The van der Waals surface area contributed by atoms with Crippen molar-refractivity contribution in [2.75, 3.05) is 11.4 Å². The van der Waals surface area contributed by atoms with E-state index in [1.165, 1.54) is 6.07 Å². The van der Waals surface area contributed by atoms with Gasteiger partial charge in [-0.05, 0) is 12.1 Å². The number of ether oxygens (including phenoxy) is 1. The molecule has 90 valence electrons. The fraction of sp³-hybridized carbons (Fsp3) is 0.0714. The molecule has 0 atom stereocenters. The number of pyridine rings is 1. The molecule has 4 heteroatoms. The predicted molar refractivity (Wildman–Crippen MR) is 71.9 cm³/mol. The molecule has 1 aliphatic rings. The van der Waals surface area contributed by atoms with Crippen molar-refractivity contribution in [3.05, 3.63) is 59.7 Å². The molecule has 1 N–H and O–H groups in total. The third kappa shape index (κ3) is 1.68. The summed E-state index contributed by atoms with van der Waals surface area (Å²) in [6, 6.07) is 7.16. The predicted octanol–water partition coefficient (Wildman–Crippen LogP) is 2.38. The number of nitrogens with zero attached hydrogens (tertiary/aromatic N) is 1. The fourth-order valence-electron chi connectivity index (χ4n) is 2.05. The van der Waals surface area contributed by atoms with Gasteiger partial charge in [0.1, 0.15) is 6.26 Å². The van der Waals surface area contributed by atoms with Crippen LogP contribution in [0.5, 0.6) is 5.75 Å². The van der Waals surface area contributed by atoms with Gasteiger partial charge in [0, 0.05) is 30.3 Å². The van der Waals surface area contributed by atoms with Gasteiger partial charge in [-0.1, -0.05) is 6.08 Å². The Bertz CT molecular complexity index is 700. The summed E-state index contributed by atoms with van der Waals surface area (Å²) in [7, 11) is 0. The lowest BCUT2D eigenvalue weighted by Crippen LogP contribution is -2.19. The molecule has 18 heavy (non-hydrogen) atoms. The summed E-state index contributed by atoms with van der Waals surface area (Å²) in [4.78, 5) is 16.1. The lowest BCUT2D eigenvalue weighted by Gasteiger charge is -2.25. The van der Waals surface area contributed by atoms with Gasteiger partial charge in [0.25, 0.3) is 0 Å². The first-order valence-corrected chi connectivity index (χ1v) is 5.66. The third-order valence-electron chi connectivity index (χ3n) is 2.87. The topological polar surface area (TPSA) is 45.3 Å². The van der Waals surface area contributed by atoms with Gasteiger partial charge in [0.05, 0.1) is 11.2 Å². The van der Waals surface area contributed by atoms with Gasteiger partial charge < -0.3 is 14.6 Å². The lowest BCUT2D eigenvalue weighted by molar-refractivity contribution is 0.471. The van der Waals surface area contributed by atoms with E-state index in [4.69, 9.17) is 4.74 Å². The van der Waals surface area contributed by atoms with E-state index in [-0.39, 0.29) is 5.56 Å². The number of aromatic nitrogens is 1. The van der Waals surface area contributed by atoms with Crippen molar-refractivity contribution in [3.63, 3.8) is 0 Å². The molecule has 4 nitrogen and oxygen atoms in total. The molecule has 0 saturated carbocycles. The SMILES string of the molecule is C=CCN1C=COc2cc3[nH]c(=O)ccc3cc21. The number of nitrogens with one attached hydrogen (secondary N) is 1. The second-order valence-electron chi connectivity index (χ2n) is 4.07. The van der Waals surface area contributed by atoms with E-state index in [2.05, 4.69) is 11.6 Å². The molecule has 0 bridgehead atoms. The number of hydrogen-bond donors (Lipinski definition) is 1. The molecule has 1 aromatic heterocycles. The van der Waals surface area contributed by atoms with Gasteiger partial charge in [-0.25, -0.2) is 0 Å². The van der Waals surface area contributed by atoms with Crippen LogP contribution in [0.3, 0.4) is 0 Å². The Labute approximate surface area is 104 Å². The number of anilines is 1. The van der Waals surface area contributed by atoms with Gasteiger partial charge in [0.15, 0.2) is 5.75 Å². The van der Waals surface area contributed by atoms with E-state index >= 15 is 0 Å². The average Bonchev–Trinajstić information content (AvgIpc) is 2.37. The highest BCUT2D eigenvalue weighted by atomic mass is 16.5. The number of benzene rings is 1. The second kappa shape index (κ2) is 4.07. The Hall–Kier alpha value is -2.49. The van der Waals surface area contributed by atoms with Crippen LogP contribution >= 0.6 is 0 Å². The number of fused-ring (bicyclic) bond motifs is 2. The lowest BCUT2D eigenvalue weighted by atomic mass is 10.1. The molecule has 2 heterocycles. The zero-order valence-corrected chi connectivity index (χ0v) is 9.72. The summed E-state index contributed by atoms with van der Waals surface area (Å²) >= 11 is 0. The molecule has 0 saturated heterocycles. The van der Waals surface area contributed by atoms with Crippen molar-refractivity contribution < 1.29 is 4.74 Å². The first-order valence-electron chi connectivity index (χ1n) is 5.66. The molecule has 0 fully saturated rings. The van der Waals surface area contributed by atoms with E-state index < -0.39 is 0 Å². The van der Waals surface area contributed by atoms with E-state index in [0.29, 0.717) is 6.54 Å². The quantitative estimate of drug-likeness (QED) is 0.820. The zero-order valence-electron chi connectivity index (χ0n) is 9.72. The smallest absolute Gasteiger partial charge is 0.248 e. The van der Waals surface area contributed by atoms with Crippen molar-refractivity contribution in [2.24, 2.45) is 0 Å². The number of H-pyrrole nitrogens is 1. The Kier molecular flexibility index (Phi) is 2.41. The Morgan fingerprint density at radius 3 is 3.11 bits per heavy atom. The summed E-state index contributed by atoms with van der Waals surface area (Å²) in [6.07, 6.45) is 5.32. The molecule has 0 spiro atoms. The average molecular weight is 240 g/mol. The highest BCUT2D eigenvalue weighted by Gasteiger charge is 2.14. The maximum atomic E-state index is 11.3. The van der Waals surface area contributed by atoms with E-state index in [0.717, 1.165) is 22.3 Å². The van der Waals surface area contributed by atoms with Crippen molar-refractivity contribution in [3.8, 4) is 5.75 Å². The largest absolute Gasteiger partial charge is 0.461 e. The molecule has 2 aromatic rings. The van der Waals surface area contributed by atoms with Gasteiger partial charge in [-0.3, -0.25) is 4.79 Å². The standard InChI is InChI=1S/C14H12N2O2/c1-2-5-16-6-7-18-13-9-11-10(8-12(13)16)3-4-14(17)15-11/h2-4,6-9H,1,5H2,(H,15,17). The summed E-state index contributed by atoms with van der Waals surface area (Å²) in [5.41, 5.74) is 1.63. The van der Waals surface area contributed by atoms with E-state index in [9.17, 15) is 4.79 Å². The Balaban J connectivity index is 2.20. The van der Waals surface area contributed by atoms with E-state index in [1.807, 2.05) is 29.3 Å². The van der Waals surface area contributed by atoms with Crippen molar-refractivity contribution in [1.29, 1.82) is 0 Å². The van der Waals surface area contributed by atoms with Gasteiger partial charge in [0.2, 0.25) is 5.56 Å². The third-order valence-corrected chi connectivity index (χ3v) is 2.87. The number of aromatic amines is 1. The first kappa shape index (κ1) is 10.7. The molecule has 3 rings (SSSR count). The molecule has 1 aliphatic heterocycles. The molecule has 0 radical (unpaired) electrons. The van der Waals surface area contributed by atoms with Crippen LogP contribution in [0.1, 0.15) is 0 Å². The molecule has 0 aliphatic carbocycles. The monoisotopic (exact) mass is 240 g/mol. The van der Waals surface area contributed by atoms with Crippen molar-refractivity contribution in [2.45, 2.75) is 0 Å². The van der Waals surface area contributed by atoms with Crippen molar-refractivity contribution in [1.82, 2.24) is 4.98 Å². The highest BCUT2D eigenvalue weighted by Crippen LogP contribution is 2.34. The number of rotatable bonds is 2. The number of hydrogen-bond acceptors (Lipinski definition) is 3. The summed E-state index contributed by atoms with van der Waals surface area (Å²) in [6.45, 7) is 4.45. The Morgan fingerprint density at radius 1 is 1.39 bits per heavy atom. The van der Waals surface area contributed by atoms with Crippen LogP contribution in [0.4, 0.5) is 5.69 Å². The van der Waals surface area contributed by atoms with Crippen LogP contribution in [-0.2, 0) is 0 Å². The van der Waals surface area contributed by atoms with Crippen LogP contribution in [-0.4, -0.2) is 11.5 Å². The summed E-state index contributed by atoms with van der Waals surface area (Å²) in [5.74, 6) is 0.730. The molecule has 1 aromatic carbocycles. The van der Waals surface area contributed by atoms with Crippen LogP contribution in [0, 0.1) is 0 Å². The highest BCUT2D eigenvalue weighted by molar-refractivity contribution is 5.86. The minimum atomic E-state index is -0.114. The van der Waals surface area contributed by atoms with Gasteiger partial charge in [-0.2, -0.15) is 0 Å². The maximum absolute atomic E-state index is 11.3. The van der Waals surface area contributed by atoms with E-state index in [1.54, 1.807) is 12.3 Å². The van der Waals surface area contributed by atoms with Crippen LogP contribution in [0.25, 0.3) is 10.9 Å². The summed E-state index contributed by atoms with van der Waals surface area (Å²) < 4.78 is 5.47. The molecule has 0 unspecified atom stereocenters. The normalized spacial score (nSPS) is 13.2. The molecular weight excluding hydrogens is 228 g/mol. The van der Waals surface area contributed by atoms with Crippen LogP contribution < -0.4 is 15.2 Å². The van der Waals surface area contributed by atoms with Crippen molar-refractivity contribution >= 4 is 16.6 Å². The minimum absolute atomic E-state index is 0.114. The second-order valence-corrected chi connectivity index (χ2v) is 4.07. The summed E-state index contributed by atoms with van der Waals surface area (Å²) in [5, 5.41) is 0.973. The van der Waals surface area contributed by atoms with Gasteiger partial charge >= 0.3 is 0 Å². The first-order chi connectivity index (χ1) is 8.78. The van der Waals surface area contributed by atoms with Crippen LogP contribution in [0.15, 0.2) is 54.2 Å². The van der Waals surface area contributed by atoms with Gasteiger partial charge in [-0.15, -0.1) is 6.58 Å². The molecular formula is C14H12N2O2. The zero-order chi connectivity index (χ0) is 12.5. The molecule has 0 amide bonds. The maximum Gasteiger partial charge on any atom is 0.248 e. The fourth-order valence-corrected chi connectivity index (χ4v) is 2.05.